The van der Waals surface area contributed by atoms with Gasteiger partial charge in [-0.05, 0) is 36.8 Å². The van der Waals surface area contributed by atoms with Gasteiger partial charge in [0, 0.05) is 17.5 Å². The quantitative estimate of drug-likeness (QED) is 0.775. The van der Waals surface area contributed by atoms with Gasteiger partial charge in [0.05, 0.1) is 11.1 Å². The molecule has 0 amide bonds. The number of nitrogens with zero attached hydrogens (tertiary/aromatic N) is 2. The third kappa shape index (κ3) is 2.99. The minimum absolute atomic E-state index is 0.183. The monoisotopic (exact) mass is 314 g/mol. The number of pyridine rings is 1. The topological polar surface area (TPSA) is 87.7 Å². The normalized spacial score (nSPS) is 11.3. The molecule has 0 saturated heterocycles. The first-order chi connectivity index (χ1) is 10.5. The van der Waals surface area contributed by atoms with E-state index in [0.29, 0.717) is 5.82 Å². The second-order valence-electron chi connectivity index (χ2n) is 4.78. The molecule has 2 N–H and O–H groups in total. The van der Waals surface area contributed by atoms with Gasteiger partial charge < -0.3 is 0 Å². The average Bonchev–Trinajstić information content (AvgIpc) is 3.01. The van der Waals surface area contributed by atoms with Crippen molar-refractivity contribution in [3.8, 4) is 11.1 Å². The minimum Gasteiger partial charge on any atom is -0.285 e. The van der Waals surface area contributed by atoms with E-state index >= 15 is 0 Å². The summed E-state index contributed by atoms with van der Waals surface area (Å²) in [6, 6.07) is 11.8. The number of nitrogens with one attached hydrogen (secondary N) is 2. The van der Waals surface area contributed by atoms with E-state index in [-0.39, 0.29) is 4.90 Å². The summed E-state index contributed by atoms with van der Waals surface area (Å²) < 4.78 is 27.2. The first kappa shape index (κ1) is 14.3. The summed E-state index contributed by atoms with van der Waals surface area (Å²) in [6.45, 7) is 1.80. The molecule has 2 aromatic heterocycles. The molecule has 0 aliphatic heterocycles. The second kappa shape index (κ2) is 5.61. The molecule has 0 bridgehead atoms. The first-order valence-corrected chi connectivity index (χ1v) is 8.09. The molecule has 0 atom stereocenters. The highest BCUT2D eigenvalue weighted by atomic mass is 32.2. The lowest BCUT2D eigenvalue weighted by atomic mass is 10.1. The third-order valence-electron chi connectivity index (χ3n) is 3.12. The highest BCUT2D eigenvalue weighted by molar-refractivity contribution is 7.92. The van der Waals surface area contributed by atoms with E-state index in [1.165, 1.54) is 0 Å². The molecule has 7 heteroatoms. The van der Waals surface area contributed by atoms with Crippen molar-refractivity contribution < 1.29 is 8.42 Å². The Morgan fingerprint density at radius 1 is 1.05 bits per heavy atom. The van der Waals surface area contributed by atoms with Crippen molar-refractivity contribution in [1.29, 1.82) is 0 Å². The number of aryl methyl sites for hydroxylation is 1. The van der Waals surface area contributed by atoms with Crippen LogP contribution < -0.4 is 4.72 Å². The third-order valence-corrected chi connectivity index (χ3v) is 4.49. The van der Waals surface area contributed by atoms with Crippen molar-refractivity contribution in [2.24, 2.45) is 0 Å². The van der Waals surface area contributed by atoms with Gasteiger partial charge in [0.25, 0.3) is 10.0 Å². The molecule has 0 aliphatic carbocycles. The summed E-state index contributed by atoms with van der Waals surface area (Å²) in [5.41, 5.74) is 2.54. The van der Waals surface area contributed by atoms with Crippen molar-refractivity contribution in [2.45, 2.75) is 11.8 Å². The van der Waals surface area contributed by atoms with Gasteiger partial charge in [0.15, 0.2) is 0 Å². The number of hydrogen-bond acceptors (Lipinski definition) is 4. The van der Waals surface area contributed by atoms with Crippen LogP contribution in [0, 0.1) is 6.92 Å². The molecule has 22 heavy (non-hydrogen) atoms. The van der Waals surface area contributed by atoms with E-state index in [1.807, 2.05) is 0 Å². The first-order valence-electron chi connectivity index (χ1n) is 6.60. The second-order valence-corrected chi connectivity index (χ2v) is 6.46. The van der Waals surface area contributed by atoms with Crippen LogP contribution in [0.1, 0.15) is 5.69 Å². The summed E-state index contributed by atoms with van der Waals surface area (Å²) in [6.07, 6.45) is 3.43. The fraction of sp³-hybridized carbons (Fsp3) is 0.0667. The SMILES string of the molecule is Cc1cccc(NS(=O)(=O)c2ccc(-c3cn[nH]c3)cc2)n1. The van der Waals surface area contributed by atoms with Crippen LogP contribution in [0.4, 0.5) is 5.82 Å². The zero-order chi connectivity index (χ0) is 15.6. The largest absolute Gasteiger partial charge is 0.285 e. The van der Waals surface area contributed by atoms with E-state index in [4.69, 9.17) is 0 Å². The molecule has 0 unspecified atom stereocenters. The zero-order valence-electron chi connectivity index (χ0n) is 11.8. The van der Waals surface area contributed by atoms with Gasteiger partial charge in [-0.1, -0.05) is 18.2 Å². The Morgan fingerprint density at radius 3 is 2.45 bits per heavy atom. The lowest BCUT2D eigenvalue weighted by Crippen LogP contribution is -2.14. The molecule has 1 aromatic carbocycles. The van der Waals surface area contributed by atoms with E-state index in [2.05, 4.69) is 19.9 Å². The molecular weight excluding hydrogens is 300 g/mol. The van der Waals surface area contributed by atoms with Crippen LogP contribution >= 0.6 is 0 Å². The van der Waals surface area contributed by atoms with Crippen LogP contribution in [0.3, 0.4) is 0 Å². The summed E-state index contributed by atoms with van der Waals surface area (Å²) >= 11 is 0. The standard InChI is InChI=1S/C15H14N4O2S/c1-11-3-2-4-15(18-11)19-22(20,21)14-7-5-12(6-8-14)13-9-16-17-10-13/h2-10H,1H3,(H,16,17)(H,18,19). The maximum atomic E-state index is 12.3. The number of sulfonamides is 1. The van der Waals surface area contributed by atoms with Gasteiger partial charge >= 0.3 is 0 Å². The van der Waals surface area contributed by atoms with E-state index < -0.39 is 10.0 Å². The maximum Gasteiger partial charge on any atom is 0.263 e. The average molecular weight is 314 g/mol. The molecule has 0 fully saturated rings. The molecule has 112 valence electrons. The van der Waals surface area contributed by atoms with Crippen molar-refractivity contribution in [3.05, 3.63) is 60.6 Å². The predicted octanol–water partition coefficient (Wildman–Crippen LogP) is 2.58. The van der Waals surface area contributed by atoms with Crippen LogP contribution in [-0.2, 0) is 10.0 Å². The smallest absolute Gasteiger partial charge is 0.263 e. The predicted molar refractivity (Wildman–Crippen MR) is 83.8 cm³/mol. The van der Waals surface area contributed by atoms with E-state index in [0.717, 1.165) is 16.8 Å². The number of aromatic nitrogens is 3. The van der Waals surface area contributed by atoms with Crippen molar-refractivity contribution in [3.63, 3.8) is 0 Å². The molecule has 0 spiro atoms. The molecule has 3 aromatic rings. The molecule has 6 nitrogen and oxygen atoms in total. The van der Waals surface area contributed by atoms with Gasteiger partial charge in [0.2, 0.25) is 0 Å². The van der Waals surface area contributed by atoms with Gasteiger partial charge in [-0.15, -0.1) is 0 Å². The Labute approximate surface area is 128 Å². The lowest BCUT2D eigenvalue weighted by molar-refractivity contribution is 0.601. The van der Waals surface area contributed by atoms with Gasteiger partial charge in [-0.25, -0.2) is 13.4 Å². The van der Waals surface area contributed by atoms with Crippen LogP contribution in [0.25, 0.3) is 11.1 Å². The Morgan fingerprint density at radius 2 is 1.82 bits per heavy atom. The van der Waals surface area contributed by atoms with Crippen LogP contribution in [0.2, 0.25) is 0 Å². The van der Waals surface area contributed by atoms with Gasteiger partial charge in [0.1, 0.15) is 5.82 Å². The maximum absolute atomic E-state index is 12.3. The summed E-state index contributed by atoms with van der Waals surface area (Å²) in [7, 11) is -3.65. The van der Waals surface area contributed by atoms with Crippen molar-refractivity contribution in [1.82, 2.24) is 15.2 Å². The summed E-state index contributed by atoms with van der Waals surface area (Å²) in [5, 5.41) is 6.59. The van der Waals surface area contributed by atoms with Crippen molar-refractivity contribution >= 4 is 15.8 Å². The minimum atomic E-state index is -3.65. The number of aromatic amines is 1. The number of rotatable bonds is 4. The van der Waals surface area contributed by atoms with Gasteiger partial charge in [-0.3, -0.25) is 9.82 Å². The van der Waals surface area contributed by atoms with E-state index in [9.17, 15) is 8.42 Å². The molecule has 0 aliphatic rings. The molecule has 3 rings (SSSR count). The fourth-order valence-corrected chi connectivity index (χ4v) is 3.03. The van der Waals surface area contributed by atoms with Crippen LogP contribution in [-0.4, -0.2) is 23.6 Å². The molecule has 0 radical (unpaired) electrons. The van der Waals surface area contributed by atoms with Crippen LogP contribution in [0.5, 0.6) is 0 Å². The van der Waals surface area contributed by atoms with E-state index in [1.54, 1.807) is 61.8 Å². The number of hydrogen-bond donors (Lipinski definition) is 2. The fourth-order valence-electron chi connectivity index (χ4n) is 2.03. The summed E-state index contributed by atoms with van der Waals surface area (Å²) in [4.78, 5) is 4.32. The molecule has 2 heterocycles. The molecule has 0 saturated carbocycles. The van der Waals surface area contributed by atoms with Crippen LogP contribution in [0.15, 0.2) is 59.8 Å². The Balaban J connectivity index is 1.86. The number of benzene rings is 1. The molecular formula is C15H14N4O2S. The number of H-pyrrole nitrogens is 1. The van der Waals surface area contributed by atoms with Crippen molar-refractivity contribution in [2.75, 3.05) is 4.72 Å². The van der Waals surface area contributed by atoms with Gasteiger partial charge in [-0.2, -0.15) is 5.10 Å². The number of anilines is 1. The Kier molecular flexibility index (Phi) is 3.64. The zero-order valence-corrected chi connectivity index (χ0v) is 12.6. The Bertz CT molecular complexity index is 872. The highest BCUT2D eigenvalue weighted by Crippen LogP contribution is 2.21. The lowest BCUT2D eigenvalue weighted by Gasteiger charge is -2.08. The Hall–Kier alpha value is -2.67. The summed E-state index contributed by atoms with van der Waals surface area (Å²) in [5.74, 6) is 0.305. The highest BCUT2D eigenvalue weighted by Gasteiger charge is 2.15.